The van der Waals surface area contributed by atoms with Crippen LogP contribution in [0.1, 0.15) is 28.4 Å². The highest BCUT2D eigenvalue weighted by molar-refractivity contribution is 7.89. The summed E-state index contributed by atoms with van der Waals surface area (Å²) in [5.74, 6) is -0.0744. The highest BCUT2D eigenvalue weighted by Gasteiger charge is 2.32. The van der Waals surface area contributed by atoms with Crippen LogP contribution in [0.25, 0.3) is 0 Å². The lowest BCUT2D eigenvalue weighted by molar-refractivity contribution is 0.0981. The molecule has 5 nitrogen and oxygen atoms in total. The molecule has 1 aliphatic rings. The third-order valence-electron chi connectivity index (χ3n) is 5.13. The summed E-state index contributed by atoms with van der Waals surface area (Å²) in [6, 6.07) is 23.5. The molecular formula is C23H22N2O3S. The molecule has 0 aromatic heterocycles. The largest absolute Gasteiger partial charge is 0.305 e. The van der Waals surface area contributed by atoms with Gasteiger partial charge in [0.15, 0.2) is 0 Å². The van der Waals surface area contributed by atoms with Gasteiger partial charge < -0.3 is 4.90 Å². The van der Waals surface area contributed by atoms with Crippen LogP contribution in [0.5, 0.6) is 0 Å². The first-order chi connectivity index (χ1) is 14.0. The van der Waals surface area contributed by atoms with E-state index in [9.17, 15) is 13.2 Å². The summed E-state index contributed by atoms with van der Waals surface area (Å²) in [4.78, 5) is 14.9. The van der Waals surface area contributed by atoms with Gasteiger partial charge in [-0.05, 0) is 54.8 Å². The number of amides is 1. The average molecular weight is 407 g/mol. The standard InChI is InChI=1S/C23H22N2O3S/c1-17-14-20-15-21(29(27,28)24-16-18-8-4-2-5-9-18)12-13-22(20)25(17)23(26)19-10-6-3-7-11-19/h2-13,15,17,24H,14,16H2,1H3/t17-/m1/s1. The molecule has 0 spiro atoms. The topological polar surface area (TPSA) is 66.5 Å². The molecule has 4 rings (SSSR count). The average Bonchev–Trinajstić information content (AvgIpc) is 3.08. The number of nitrogens with one attached hydrogen (secondary N) is 1. The predicted molar refractivity (Wildman–Crippen MR) is 113 cm³/mol. The highest BCUT2D eigenvalue weighted by Crippen LogP contribution is 2.35. The van der Waals surface area contributed by atoms with Gasteiger partial charge in [0.05, 0.1) is 4.90 Å². The molecule has 148 valence electrons. The van der Waals surface area contributed by atoms with E-state index in [0.29, 0.717) is 12.0 Å². The number of anilines is 1. The van der Waals surface area contributed by atoms with Gasteiger partial charge >= 0.3 is 0 Å². The van der Waals surface area contributed by atoms with Crippen LogP contribution in [-0.2, 0) is 23.0 Å². The summed E-state index contributed by atoms with van der Waals surface area (Å²) < 4.78 is 28.1. The van der Waals surface area contributed by atoms with Crippen LogP contribution in [-0.4, -0.2) is 20.4 Å². The molecule has 1 amide bonds. The van der Waals surface area contributed by atoms with Gasteiger partial charge in [-0.1, -0.05) is 48.5 Å². The van der Waals surface area contributed by atoms with Crippen molar-refractivity contribution in [3.8, 4) is 0 Å². The highest BCUT2D eigenvalue weighted by atomic mass is 32.2. The van der Waals surface area contributed by atoms with Crippen LogP contribution in [0.2, 0.25) is 0 Å². The molecule has 0 radical (unpaired) electrons. The van der Waals surface area contributed by atoms with Gasteiger partial charge in [-0.3, -0.25) is 4.79 Å². The van der Waals surface area contributed by atoms with Crippen molar-refractivity contribution in [3.63, 3.8) is 0 Å². The fourth-order valence-corrected chi connectivity index (χ4v) is 4.73. The van der Waals surface area contributed by atoms with E-state index < -0.39 is 10.0 Å². The number of hydrogen-bond acceptors (Lipinski definition) is 3. The predicted octanol–water partition coefficient (Wildman–Crippen LogP) is 3.76. The van der Waals surface area contributed by atoms with Gasteiger partial charge in [-0.15, -0.1) is 0 Å². The molecule has 3 aromatic rings. The number of fused-ring (bicyclic) bond motifs is 1. The Balaban J connectivity index is 1.58. The smallest absolute Gasteiger partial charge is 0.258 e. The number of hydrogen-bond donors (Lipinski definition) is 1. The van der Waals surface area contributed by atoms with Crippen LogP contribution in [0.4, 0.5) is 5.69 Å². The second-order valence-electron chi connectivity index (χ2n) is 7.19. The van der Waals surface area contributed by atoms with Crippen molar-refractivity contribution in [1.29, 1.82) is 0 Å². The van der Waals surface area contributed by atoms with Crippen molar-refractivity contribution in [2.45, 2.75) is 30.8 Å². The first kappa shape index (κ1) is 19.4. The molecule has 6 heteroatoms. The molecule has 0 unspecified atom stereocenters. The zero-order valence-electron chi connectivity index (χ0n) is 16.1. The third kappa shape index (κ3) is 3.95. The van der Waals surface area contributed by atoms with E-state index in [0.717, 1.165) is 16.8 Å². The molecule has 0 fully saturated rings. The van der Waals surface area contributed by atoms with Crippen molar-refractivity contribution in [1.82, 2.24) is 4.72 Å². The lowest BCUT2D eigenvalue weighted by Gasteiger charge is -2.23. The Morgan fingerprint density at radius 2 is 1.66 bits per heavy atom. The molecule has 1 aliphatic heterocycles. The Morgan fingerprint density at radius 3 is 2.34 bits per heavy atom. The quantitative estimate of drug-likeness (QED) is 0.702. The third-order valence-corrected chi connectivity index (χ3v) is 6.52. The molecule has 0 saturated carbocycles. The number of rotatable bonds is 5. The summed E-state index contributed by atoms with van der Waals surface area (Å²) in [6.45, 7) is 2.21. The zero-order chi connectivity index (χ0) is 20.4. The Kier molecular flexibility index (Phi) is 5.22. The maximum absolute atomic E-state index is 13.0. The van der Waals surface area contributed by atoms with Gasteiger partial charge in [0, 0.05) is 23.8 Å². The Labute approximate surface area is 171 Å². The van der Waals surface area contributed by atoms with Gasteiger partial charge in [-0.25, -0.2) is 13.1 Å². The van der Waals surface area contributed by atoms with E-state index in [1.54, 1.807) is 35.2 Å². The van der Waals surface area contributed by atoms with Crippen molar-refractivity contribution in [3.05, 3.63) is 95.6 Å². The van der Waals surface area contributed by atoms with E-state index >= 15 is 0 Å². The number of carbonyl (C=O) groups is 1. The molecule has 0 bridgehead atoms. The van der Waals surface area contributed by atoms with E-state index in [1.165, 1.54) is 0 Å². The minimum absolute atomic E-state index is 0.0343. The van der Waals surface area contributed by atoms with Gasteiger partial charge in [0.2, 0.25) is 10.0 Å². The minimum atomic E-state index is -3.64. The lowest BCUT2D eigenvalue weighted by Crippen LogP contribution is -2.35. The Hall–Kier alpha value is -2.96. The maximum atomic E-state index is 13.0. The molecular weight excluding hydrogens is 384 g/mol. The van der Waals surface area contributed by atoms with Crippen molar-refractivity contribution >= 4 is 21.6 Å². The summed E-state index contributed by atoms with van der Waals surface area (Å²) in [7, 11) is -3.64. The van der Waals surface area contributed by atoms with Crippen LogP contribution in [0.3, 0.4) is 0 Å². The SMILES string of the molecule is C[C@@H]1Cc2cc(S(=O)(=O)NCc3ccccc3)ccc2N1C(=O)c1ccccc1. The summed E-state index contributed by atoms with van der Waals surface area (Å²) in [6.07, 6.45) is 0.621. The lowest BCUT2D eigenvalue weighted by atomic mass is 10.1. The summed E-state index contributed by atoms with van der Waals surface area (Å²) in [5, 5.41) is 0. The zero-order valence-corrected chi connectivity index (χ0v) is 16.9. The fraction of sp³-hybridized carbons (Fsp3) is 0.174. The van der Waals surface area contributed by atoms with Crippen molar-refractivity contribution < 1.29 is 13.2 Å². The van der Waals surface area contributed by atoms with E-state index in [4.69, 9.17) is 0 Å². The molecule has 0 saturated heterocycles. The second-order valence-corrected chi connectivity index (χ2v) is 8.96. The molecule has 1 N–H and O–H groups in total. The molecule has 3 aromatic carbocycles. The van der Waals surface area contributed by atoms with Crippen LogP contribution in [0.15, 0.2) is 83.8 Å². The van der Waals surface area contributed by atoms with Gasteiger partial charge in [-0.2, -0.15) is 0 Å². The maximum Gasteiger partial charge on any atom is 0.258 e. The van der Waals surface area contributed by atoms with Crippen molar-refractivity contribution in [2.24, 2.45) is 0 Å². The van der Waals surface area contributed by atoms with Crippen LogP contribution >= 0.6 is 0 Å². The van der Waals surface area contributed by atoms with Gasteiger partial charge in [0.25, 0.3) is 5.91 Å². The molecule has 0 aliphatic carbocycles. The number of nitrogens with zero attached hydrogens (tertiary/aromatic N) is 1. The molecule has 29 heavy (non-hydrogen) atoms. The fourth-order valence-electron chi connectivity index (χ4n) is 3.66. The normalized spacial score (nSPS) is 15.9. The summed E-state index contributed by atoms with van der Waals surface area (Å²) in [5.41, 5.74) is 3.15. The second kappa shape index (κ2) is 7.81. The van der Waals surface area contributed by atoms with Crippen LogP contribution in [0, 0.1) is 0 Å². The summed E-state index contributed by atoms with van der Waals surface area (Å²) >= 11 is 0. The van der Waals surface area contributed by atoms with E-state index in [1.807, 2.05) is 55.5 Å². The van der Waals surface area contributed by atoms with Crippen molar-refractivity contribution in [2.75, 3.05) is 4.90 Å². The van der Waals surface area contributed by atoms with Crippen LogP contribution < -0.4 is 9.62 Å². The molecule has 1 heterocycles. The number of carbonyl (C=O) groups excluding carboxylic acids is 1. The minimum Gasteiger partial charge on any atom is -0.305 e. The Bertz CT molecular complexity index is 1130. The van der Waals surface area contributed by atoms with Gasteiger partial charge in [0.1, 0.15) is 0 Å². The monoisotopic (exact) mass is 406 g/mol. The number of sulfonamides is 1. The first-order valence-corrected chi connectivity index (χ1v) is 11.0. The van der Waals surface area contributed by atoms with E-state index in [-0.39, 0.29) is 23.4 Å². The number of benzene rings is 3. The molecule has 1 atom stereocenters. The van der Waals surface area contributed by atoms with E-state index in [2.05, 4.69) is 4.72 Å². The Morgan fingerprint density at radius 1 is 1.00 bits per heavy atom. The first-order valence-electron chi connectivity index (χ1n) is 9.51.